The van der Waals surface area contributed by atoms with E-state index in [0.717, 1.165) is 6.54 Å². The van der Waals surface area contributed by atoms with Gasteiger partial charge in [-0.25, -0.2) is 0 Å². The van der Waals surface area contributed by atoms with Gasteiger partial charge in [0.15, 0.2) is 11.5 Å². The van der Waals surface area contributed by atoms with E-state index < -0.39 is 17.7 Å². The van der Waals surface area contributed by atoms with E-state index in [1.807, 2.05) is 19.0 Å². The van der Waals surface area contributed by atoms with Crippen molar-refractivity contribution in [2.24, 2.45) is 0 Å². The molecule has 0 aromatic heterocycles. The first-order valence-corrected chi connectivity index (χ1v) is 10.5. The number of Topliss-reactive ketones (excluding diaryl/α,β-unsaturated/α-hetero) is 1. The van der Waals surface area contributed by atoms with Gasteiger partial charge in [0.05, 0.1) is 11.6 Å². The van der Waals surface area contributed by atoms with E-state index in [4.69, 9.17) is 9.47 Å². The van der Waals surface area contributed by atoms with E-state index in [0.29, 0.717) is 48.8 Å². The van der Waals surface area contributed by atoms with Gasteiger partial charge in [-0.3, -0.25) is 9.59 Å². The SMILES string of the molecule is CN(C)CCCN1C(=O)C(=O)C(=C(O)c2ccc3c(c2)OCCO3)C1c1ccc(O)cc1. The number of amides is 1. The highest BCUT2D eigenvalue weighted by Gasteiger charge is 2.45. The lowest BCUT2D eigenvalue weighted by molar-refractivity contribution is -0.139. The summed E-state index contributed by atoms with van der Waals surface area (Å²) in [6, 6.07) is 10.5. The van der Waals surface area contributed by atoms with Gasteiger partial charge >= 0.3 is 0 Å². The molecule has 2 aliphatic rings. The number of aliphatic hydroxyl groups excluding tert-OH is 1. The zero-order chi connectivity index (χ0) is 22.8. The van der Waals surface area contributed by atoms with E-state index in [9.17, 15) is 19.8 Å². The summed E-state index contributed by atoms with van der Waals surface area (Å²) in [6.45, 7) is 1.93. The number of aliphatic hydroxyl groups is 1. The quantitative estimate of drug-likeness (QED) is 0.406. The lowest BCUT2D eigenvalue weighted by atomic mass is 9.95. The Hall–Kier alpha value is -3.52. The number of likely N-dealkylation sites (tertiary alicyclic amines) is 1. The molecule has 1 atom stereocenters. The lowest BCUT2D eigenvalue weighted by Gasteiger charge is -2.26. The number of phenolic OH excluding ortho intramolecular Hbond substituents is 1. The average molecular weight is 438 g/mol. The van der Waals surface area contributed by atoms with Gasteiger partial charge in [0.1, 0.15) is 24.7 Å². The van der Waals surface area contributed by atoms with Crippen LogP contribution < -0.4 is 9.47 Å². The Morgan fingerprint density at radius 1 is 1.06 bits per heavy atom. The number of fused-ring (bicyclic) bond motifs is 1. The number of ether oxygens (including phenoxy) is 2. The Balaban J connectivity index is 1.77. The number of aromatic hydroxyl groups is 1. The Morgan fingerprint density at radius 3 is 2.44 bits per heavy atom. The van der Waals surface area contributed by atoms with Crippen LogP contribution >= 0.6 is 0 Å². The summed E-state index contributed by atoms with van der Waals surface area (Å²) < 4.78 is 11.1. The number of carbonyl (C=O) groups excluding carboxylic acids is 2. The highest BCUT2D eigenvalue weighted by Crippen LogP contribution is 2.41. The van der Waals surface area contributed by atoms with Crippen LogP contribution in [-0.4, -0.2) is 72.1 Å². The number of carbonyl (C=O) groups is 2. The van der Waals surface area contributed by atoms with Crippen molar-refractivity contribution in [1.82, 2.24) is 9.80 Å². The Bertz CT molecular complexity index is 1060. The van der Waals surface area contributed by atoms with Gasteiger partial charge in [0.25, 0.3) is 11.7 Å². The molecule has 4 rings (SSSR count). The molecule has 0 spiro atoms. The van der Waals surface area contributed by atoms with E-state index in [-0.39, 0.29) is 17.1 Å². The van der Waals surface area contributed by atoms with Crippen molar-refractivity contribution in [3.8, 4) is 17.2 Å². The lowest BCUT2D eigenvalue weighted by Crippen LogP contribution is -2.32. The number of hydrogen-bond acceptors (Lipinski definition) is 7. The van der Waals surface area contributed by atoms with Crippen molar-refractivity contribution in [2.75, 3.05) is 40.4 Å². The van der Waals surface area contributed by atoms with Crippen molar-refractivity contribution in [2.45, 2.75) is 12.5 Å². The van der Waals surface area contributed by atoms with Crippen molar-refractivity contribution in [3.63, 3.8) is 0 Å². The van der Waals surface area contributed by atoms with E-state index >= 15 is 0 Å². The molecule has 168 valence electrons. The molecule has 2 aromatic carbocycles. The predicted octanol–water partition coefficient (Wildman–Crippen LogP) is 2.54. The molecule has 8 heteroatoms. The minimum Gasteiger partial charge on any atom is -0.508 e. The second-order valence-electron chi connectivity index (χ2n) is 8.10. The fraction of sp³-hybridized carbons (Fsp3) is 0.333. The third-order valence-electron chi connectivity index (χ3n) is 5.57. The molecule has 0 saturated carbocycles. The fourth-order valence-electron chi connectivity index (χ4n) is 4.02. The maximum Gasteiger partial charge on any atom is 0.295 e. The van der Waals surface area contributed by atoms with Crippen LogP contribution in [0.25, 0.3) is 5.76 Å². The highest BCUT2D eigenvalue weighted by atomic mass is 16.6. The van der Waals surface area contributed by atoms with Gasteiger partial charge in [0.2, 0.25) is 0 Å². The predicted molar refractivity (Wildman–Crippen MR) is 118 cm³/mol. The third-order valence-corrected chi connectivity index (χ3v) is 5.57. The molecule has 2 heterocycles. The van der Waals surface area contributed by atoms with Gasteiger partial charge < -0.3 is 29.5 Å². The molecule has 2 aliphatic heterocycles. The molecule has 1 amide bonds. The molecule has 1 unspecified atom stereocenters. The molecule has 1 saturated heterocycles. The number of phenols is 1. The Kier molecular flexibility index (Phi) is 6.05. The first-order valence-electron chi connectivity index (χ1n) is 10.5. The van der Waals surface area contributed by atoms with Crippen LogP contribution in [0.1, 0.15) is 23.6 Å². The van der Waals surface area contributed by atoms with Crippen LogP contribution in [0.15, 0.2) is 48.0 Å². The van der Waals surface area contributed by atoms with Crippen LogP contribution in [0.2, 0.25) is 0 Å². The number of rotatable bonds is 6. The smallest absolute Gasteiger partial charge is 0.295 e. The van der Waals surface area contributed by atoms with Crippen LogP contribution in [0.4, 0.5) is 0 Å². The number of hydrogen-bond donors (Lipinski definition) is 2. The number of benzene rings is 2. The molecule has 0 aliphatic carbocycles. The molecular weight excluding hydrogens is 412 g/mol. The summed E-state index contributed by atoms with van der Waals surface area (Å²) in [6.07, 6.45) is 0.665. The number of ketones is 1. The molecule has 2 N–H and O–H groups in total. The topological polar surface area (TPSA) is 99.5 Å². The summed E-state index contributed by atoms with van der Waals surface area (Å²) in [5, 5.41) is 20.9. The standard InChI is InChI=1S/C24H26N2O6/c1-25(2)10-3-11-26-21(15-4-7-17(27)8-5-15)20(23(29)24(26)30)22(28)16-6-9-18-19(14-16)32-13-12-31-18/h4-9,14,21,27-28H,3,10-13H2,1-2H3. The molecule has 1 fully saturated rings. The Morgan fingerprint density at radius 2 is 1.75 bits per heavy atom. The van der Waals surface area contributed by atoms with Crippen molar-refractivity contribution >= 4 is 17.4 Å². The van der Waals surface area contributed by atoms with Crippen LogP contribution in [0, 0.1) is 0 Å². The van der Waals surface area contributed by atoms with Gasteiger partial charge in [0, 0.05) is 12.1 Å². The molecule has 8 nitrogen and oxygen atoms in total. The van der Waals surface area contributed by atoms with Crippen LogP contribution in [0.3, 0.4) is 0 Å². The summed E-state index contributed by atoms with van der Waals surface area (Å²) in [5.41, 5.74) is 1.01. The molecule has 0 radical (unpaired) electrons. The molecule has 0 bridgehead atoms. The summed E-state index contributed by atoms with van der Waals surface area (Å²) in [7, 11) is 3.88. The highest BCUT2D eigenvalue weighted by molar-refractivity contribution is 6.46. The second-order valence-corrected chi connectivity index (χ2v) is 8.10. The zero-order valence-corrected chi connectivity index (χ0v) is 18.1. The largest absolute Gasteiger partial charge is 0.508 e. The summed E-state index contributed by atoms with van der Waals surface area (Å²) >= 11 is 0. The first kappa shape index (κ1) is 21.7. The summed E-state index contributed by atoms with van der Waals surface area (Å²) in [4.78, 5) is 29.5. The Labute approximate surface area is 186 Å². The summed E-state index contributed by atoms with van der Waals surface area (Å²) in [5.74, 6) is -0.548. The van der Waals surface area contributed by atoms with Gasteiger partial charge in [-0.15, -0.1) is 0 Å². The molecule has 2 aromatic rings. The van der Waals surface area contributed by atoms with E-state index in [1.54, 1.807) is 30.3 Å². The van der Waals surface area contributed by atoms with E-state index in [1.165, 1.54) is 17.0 Å². The van der Waals surface area contributed by atoms with Crippen molar-refractivity contribution in [1.29, 1.82) is 0 Å². The van der Waals surface area contributed by atoms with Crippen molar-refractivity contribution < 1.29 is 29.3 Å². The van der Waals surface area contributed by atoms with Gasteiger partial charge in [-0.05, 0) is 63.0 Å². The minimum atomic E-state index is -0.758. The number of nitrogens with zero attached hydrogens (tertiary/aromatic N) is 2. The molecular formula is C24H26N2O6. The molecule has 32 heavy (non-hydrogen) atoms. The van der Waals surface area contributed by atoms with Crippen molar-refractivity contribution in [3.05, 3.63) is 59.2 Å². The first-order chi connectivity index (χ1) is 15.4. The maximum atomic E-state index is 13.0. The van der Waals surface area contributed by atoms with Crippen LogP contribution in [-0.2, 0) is 9.59 Å². The van der Waals surface area contributed by atoms with Gasteiger partial charge in [-0.1, -0.05) is 12.1 Å². The maximum absolute atomic E-state index is 13.0. The average Bonchev–Trinajstić information content (AvgIpc) is 3.03. The van der Waals surface area contributed by atoms with Gasteiger partial charge in [-0.2, -0.15) is 0 Å². The zero-order valence-electron chi connectivity index (χ0n) is 18.1. The van der Waals surface area contributed by atoms with Crippen LogP contribution in [0.5, 0.6) is 17.2 Å². The van der Waals surface area contributed by atoms with E-state index in [2.05, 4.69) is 0 Å². The minimum absolute atomic E-state index is 0.0159. The normalized spacial score (nSPS) is 19.6. The second kappa shape index (κ2) is 8.92. The monoisotopic (exact) mass is 438 g/mol. The fourth-order valence-corrected chi connectivity index (χ4v) is 4.02. The third kappa shape index (κ3) is 4.13.